The number of ether oxygens (including phenoxy) is 3. The van der Waals surface area contributed by atoms with Gasteiger partial charge in [-0.2, -0.15) is 5.10 Å². The van der Waals surface area contributed by atoms with Crippen LogP contribution in [0.1, 0.15) is 0 Å². The van der Waals surface area contributed by atoms with Gasteiger partial charge in [0, 0.05) is 18.3 Å². The van der Waals surface area contributed by atoms with Crippen LogP contribution in [-0.4, -0.2) is 61.0 Å². The summed E-state index contributed by atoms with van der Waals surface area (Å²) in [6.07, 6.45) is 2.80. The summed E-state index contributed by atoms with van der Waals surface area (Å²) in [6, 6.07) is 12.9. The summed E-state index contributed by atoms with van der Waals surface area (Å²) in [5, 5.41) is 9.71. The molecule has 0 aliphatic carbocycles. The summed E-state index contributed by atoms with van der Waals surface area (Å²) in [5.41, 5.74) is 2.45. The van der Waals surface area contributed by atoms with Gasteiger partial charge in [-0.15, -0.1) is 12.4 Å². The van der Waals surface area contributed by atoms with Crippen molar-refractivity contribution in [2.75, 3.05) is 39.2 Å². The number of fused-ring (bicyclic) bond motifs is 1. The monoisotopic (exact) mass is 444 g/mol. The maximum atomic E-state index is 12.8. The van der Waals surface area contributed by atoms with E-state index in [-0.39, 0.29) is 24.9 Å². The fourth-order valence-corrected chi connectivity index (χ4v) is 3.03. The number of para-hydroxylation sites is 2. The molecule has 0 saturated carbocycles. The van der Waals surface area contributed by atoms with Gasteiger partial charge in [0.15, 0.2) is 11.5 Å². The number of rotatable bonds is 7. The van der Waals surface area contributed by atoms with Crippen LogP contribution < -0.4 is 19.5 Å². The van der Waals surface area contributed by atoms with Crippen LogP contribution in [0.15, 0.2) is 54.9 Å². The van der Waals surface area contributed by atoms with E-state index in [0.717, 1.165) is 17.7 Å². The lowest BCUT2D eigenvalue weighted by Crippen LogP contribution is -2.40. The molecule has 0 spiro atoms. The number of halogens is 1. The van der Waals surface area contributed by atoms with E-state index in [1.165, 1.54) is 0 Å². The third-order valence-corrected chi connectivity index (χ3v) is 4.67. The smallest absolute Gasteiger partial charge is 0.269 e. The van der Waals surface area contributed by atoms with Crippen LogP contribution in [0.5, 0.6) is 17.2 Å². The van der Waals surface area contributed by atoms with Gasteiger partial charge in [-0.1, -0.05) is 18.2 Å². The van der Waals surface area contributed by atoms with Gasteiger partial charge >= 0.3 is 0 Å². The number of nitrogens with zero attached hydrogens (tertiary/aromatic N) is 2. The number of amides is 1. The predicted molar refractivity (Wildman–Crippen MR) is 120 cm³/mol. The van der Waals surface area contributed by atoms with Crippen molar-refractivity contribution >= 4 is 24.0 Å². The molecule has 4 rings (SSSR count). The number of carbonyl (C=O) groups excluding carboxylic acids is 1. The van der Waals surface area contributed by atoms with Crippen LogP contribution in [0.2, 0.25) is 0 Å². The molecule has 1 unspecified atom stereocenters. The van der Waals surface area contributed by atoms with Crippen LogP contribution in [0.4, 0.5) is 5.69 Å². The minimum atomic E-state index is -0.747. The lowest BCUT2D eigenvalue weighted by molar-refractivity contribution is -0.125. The summed E-state index contributed by atoms with van der Waals surface area (Å²) in [7, 11) is 3.96. The van der Waals surface area contributed by atoms with Crippen molar-refractivity contribution in [3.05, 3.63) is 54.9 Å². The van der Waals surface area contributed by atoms with Gasteiger partial charge < -0.3 is 24.4 Å². The average molecular weight is 445 g/mol. The summed E-state index contributed by atoms with van der Waals surface area (Å²) in [4.78, 5) is 14.9. The van der Waals surface area contributed by atoms with Crippen LogP contribution in [-0.2, 0) is 4.79 Å². The number of likely N-dealkylation sites (N-methyl/N-ethyl adjacent to an activating group) is 1. The third kappa shape index (κ3) is 5.48. The van der Waals surface area contributed by atoms with Gasteiger partial charge in [-0.05, 0) is 43.9 Å². The van der Waals surface area contributed by atoms with Crippen LogP contribution in [0.3, 0.4) is 0 Å². The Morgan fingerprint density at radius 3 is 2.77 bits per heavy atom. The summed E-state index contributed by atoms with van der Waals surface area (Å²) < 4.78 is 17.4. The normalized spacial score (nSPS) is 14.6. The van der Waals surface area contributed by atoms with Gasteiger partial charge in [0.25, 0.3) is 5.91 Å². The number of benzene rings is 2. The van der Waals surface area contributed by atoms with Gasteiger partial charge in [-0.25, -0.2) is 0 Å². The van der Waals surface area contributed by atoms with Gasteiger partial charge in [0.05, 0.1) is 11.9 Å². The minimum Gasteiger partial charge on any atom is -0.490 e. The Hall–Kier alpha value is -3.23. The molecule has 2 N–H and O–H groups in total. The maximum Gasteiger partial charge on any atom is 0.269 e. The first-order valence-electron chi connectivity index (χ1n) is 9.70. The molecule has 9 heteroatoms. The Balaban J connectivity index is 0.00000272. The standard InChI is InChI=1S/C22H24N4O4.ClH/c1-26(2)9-10-28-20-11-15(16-12-23-24-13-16)7-8-17(20)25-22(27)21-14-29-18-5-3-4-6-19(18)30-21;/h3-8,11-13,21H,9-10,14H2,1-2H3,(H,23,24)(H,25,27);1H. The molecule has 0 fully saturated rings. The van der Waals surface area contributed by atoms with E-state index in [0.29, 0.717) is 29.5 Å². The highest BCUT2D eigenvalue weighted by molar-refractivity contribution is 5.96. The van der Waals surface area contributed by atoms with Crippen molar-refractivity contribution in [1.29, 1.82) is 0 Å². The molecule has 0 bridgehead atoms. The number of anilines is 1. The number of hydrogen-bond acceptors (Lipinski definition) is 6. The zero-order valence-corrected chi connectivity index (χ0v) is 18.1. The predicted octanol–water partition coefficient (Wildman–Crippen LogP) is 3.22. The Labute approximate surface area is 186 Å². The Bertz CT molecular complexity index is 1010. The Morgan fingerprint density at radius 1 is 1.23 bits per heavy atom. The highest BCUT2D eigenvalue weighted by atomic mass is 35.5. The number of H-pyrrole nitrogens is 1. The van der Waals surface area contributed by atoms with Crippen molar-refractivity contribution in [2.45, 2.75) is 6.10 Å². The molecule has 0 radical (unpaired) electrons. The maximum absolute atomic E-state index is 12.8. The summed E-state index contributed by atoms with van der Waals surface area (Å²) in [5.74, 6) is 1.49. The van der Waals surface area contributed by atoms with E-state index in [1.54, 1.807) is 12.3 Å². The van der Waals surface area contributed by atoms with Crippen molar-refractivity contribution < 1.29 is 19.0 Å². The molecule has 1 aliphatic heterocycles. The lowest BCUT2D eigenvalue weighted by atomic mass is 10.1. The fourth-order valence-electron chi connectivity index (χ4n) is 3.03. The van der Waals surface area contributed by atoms with E-state index >= 15 is 0 Å². The zero-order valence-electron chi connectivity index (χ0n) is 17.3. The van der Waals surface area contributed by atoms with Crippen molar-refractivity contribution in [1.82, 2.24) is 15.1 Å². The first-order valence-corrected chi connectivity index (χ1v) is 9.70. The number of aromatic nitrogens is 2. The first-order chi connectivity index (χ1) is 14.6. The third-order valence-electron chi connectivity index (χ3n) is 4.67. The second kappa shape index (κ2) is 10.2. The minimum absolute atomic E-state index is 0. The number of hydrogen-bond donors (Lipinski definition) is 2. The highest BCUT2D eigenvalue weighted by Crippen LogP contribution is 2.33. The molecule has 31 heavy (non-hydrogen) atoms. The summed E-state index contributed by atoms with van der Waals surface area (Å²) >= 11 is 0. The van der Waals surface area contributed by atoms with Crippen LogP contribution in [0.25, 0.3) is 11.1 Å². The Morgan fingerprint density at radius 2 is 2.03 bits per heavy atom. The van der Waals surface area contributed by atoms with Crippen molar-refractivity contribution in [2.24, 2.45) is 0 Å². The molecule has 1 amide bonds. The second-order valence-corrected chi connectivity index (χ2v) is 7.20. The number of aromatic amines is 1. The largest absolute Gasteiger partial charge is 0.490 e. The van der Waals surface area contributed by atoms with Crippen LogP contribution >= 0.6 is 12.4 Å². The SMILES string of the molecule is CN(C)CCOc1cc(-c2cn[nH]c2)ccc1NC(=O)C1COc2ccccc2O1.Cl. The topological polar surface area (TPSA) is 88.7 Å². The van der Waals surface area contributed by atoms with Crippen LogP contribution in [0, 0.1) is 0 Å². The molecule has 3 aromatic rings. The fraction of sp³-hybridized carbons (Fsp3) is 0.273. The average Bonchev–Trinajstić information content (AvgIpc) is 3.29. The van der Waals surface area contributed by atoms with E-state index in [2.05, 4.69) is 15.5 Å². The van der Waals surface area contributed by atoms with Gasteiger partial charge in [0.2, 0.25) is 6.10 Å². The van der Waals surface area contributed by atoms with E-state index in [9.17, 15) is 4.79 Å². The number of nitrogens with one attached hydrogen (secondary N) is 2. The lowest BCUT2D eigenvalue weighted by Gasteiger charge is -2.26. The van der Waals surface area contributed by atoms with Crippen molar-refractivity contribution in [3.63, 3.8) is 0 Å². The zero-order chi connectivity index (χ0) is 20.9. The number of carbonyl (C=O) groups is 1. The molecule has 1 aliphatic rings. The molecular formula is C22H25ClN4O4. The first kappa shape index (κ1) is 22.5. The molecule has 1 aromatic heterocycles. The van der Waals surface area contributed by atoms with E-state index < -0.39 is 6.10 Å². The second-order valence-electron chi connectivity index (χ2n) is 7.20. The molecule has 164 valence electrons. The molecule has 1 atom stereocenters. The van der Waals surface area contributed by atoms with Gasteiger partial charge in [-0.3, -0.25) is 9.89 Å². The molecule has 2 aromatic carbocycles. The molecule has 0 saturated heterocycles. The molecular weight excluding hydrogens is 420 g/mol. The van der Waals surface area contributed by atoms with E-state index in [1.807, 2.05) is 61.6 Å². The quantitative estimate of drug-likeness (QED) is 0.581. The highest BCUT2D eigenvalue weighted by Gasteiger charge is 2.28. The van der Waals surface area contributed by atoms with Crippen molar-refractivity contribution in [3.8, 4) is 28.4 Å². The Kier molecular flexibility index (Phi) is 7.38. The summed E-state index contributed by atoms with van der Waals surface area (Å²) in [6.45, 7) is 1.38. The molecule has 2 heterocycles. The van der Waals surface area contributed by atoms with Gasteiger partial charge in [0.1, 0.15) is 19.0 Å². The molecule has 8 nitrogen and oxygen atoms in total. The van der Waals surface area contributed by atoms with E-state index in [4.69, 9.17) is 14.2 Å².